The minimum Gasteiger partial charge on any atom is -0.496 e. The Bertz CT molecular complexity index is 368. The summed E-state index contributed by atoms with van der Waals surface area (Å²) in [6, 6.07) is 4.07. The summed E-state index contributed by atoms with van der Waals surface area (Å²) in [4.78, 5) is 10.6. The second-order valence-corrected chi connectivity index (χ2v) is 3.54. The number of nitrogens with two attached hydrogens (primary N) is 1. The Labute approximate surface area is 92.6 Å². The number of halogens is 1. The van der Waals surface area contributed by atoms with E-state index in [0.717, 1.165) is 0 Å². The molecule has 0 bridgehead atoms. The summed E-state index contributed by atoms with van der Waals surface area (Å²) in [6.45, 7) is 0. The average Bonchev–Trinajstić information content (AvgIpc) is 2.18. The van der Waals surface area contributed by atoms with Gasteiger partial charge in [0.1, 0.15) is 11.8 Å². The lowest BCUT2D eigenvalue weighted by atomic mass is 10.1. The lowest BCUT2D eigenvalue weighted by molar-refractivity contribution is -0.138. The van der Waals surface area contributed by atoms with Crippen molar-refractivity contribution in [1.29, 1.82) is 0 Å². The molecule has 0 spiro atoms. The lowest BCUT2D eigenvalue weighted by Gasteiger charge is -2.11. The van der Waals surface area contributed by atoms with E-state index in [2.05, 4.69) is 0 Å². The van der Waals surface area contributed by atoms with E-state index in [0.29, 0.717) is 16.3 Å². The number of hydrogen-bond donors (Lipinski definition) is 2. The lowest BCUT2D eigenvalue weighted by Crippen LogP contribution is -2.32. The van der Waals surface area contributed by atoms with Gasteiger partial charge in [-0.05, 0) is 23.8 Å². The molecule has 1 atom stereocenters. The second-order valence-electron chi connectivity index (χ2n) is 3.11. The third-order valence-electron chi connectivity index (χ3n) is 2.00. The number of aliphatic carboxylic acids is 1. The predicted octanol–water partition coefficient (Wildman–Crippen LogP) is 1.30. The third kappa shape index (κ3) is 3.11. The van der Waals surface area contributed by atoms with E-state index in [1.165, 1.54) is 7.11 Å². The molecule has 0 saturated carbocycles. The van der Waals surface area contributed by atoms with Gasteiger partial charge in [-0.25, -0.2) is 0 Å². The van der Waals surface area contributed by atoms with Crippen LogP contribution >= 0.6 is 11.6 Å². The summed E-state index contributed by atoms with van der Waals surface area (Å²) in [6.07, 6.45) is 0.194. The first-order chi connectivity index (χ1) is 7.04. The summed E-state index contributed by atoms with van der Waals surface area (Å²) in [7, 11) is 1.51. The molecule has 0 fully saturated rings. The minimum absolute atomic E-state index is 0.194. The van der Waals surface area contributed by atoms with Crippen LogP contribution in [-0.2, 0) is 11.2 Å². The van der Waals surface area contributed by atoms with E-state index in [4.69, 9.17) is 27.2 Å². The van der Waals surface area contributed by atoms with E-state index >= 15 is 0 Å². The summed E-state index contributed by atoms with van der Waals surface area (Å²) in [5.41, 5.74) is 6.12. The zero-order chi connectivity index (χ0) is 11.4. The van der Waals surface area contributed by atoms with Gasteiger partial charge in [0, 0.05) is 11.4 Å². The van der Waals surface area contributed by atoms with Crippen LogP contribution in [0.5, 0.6) is 5.75 Å². The summed E-state index contributed by atoms with van der Waals surface area (Å²) < 4.78 is 5.07. The van der Waals surface area contributed by atoms with Gasteiger partial charge >= 0.3 is 5.97 Å². The van der Waals surface area contributed by atoms with Crippen LogP contribution in [0.25, 0.3) is 0 Å². The van der Waals surface area contributed by atoms with Gasteiger partial charge in [-0.15, -0.1) is 0 Å². The number of carboxylic acid groups (broad SMARTS) is 1. The number of methoxy groups -OCH3 is 1. The first-order valence-electron chi connectivity index (χ1n) is 4.35. The molecule has 4 nitrogen and oxygen atoms in total. The number of rotatable bonds is 4. The van der Waals surface area contributed by atoms with Crippen LogP contribution in [0.3, 0.4) is 0 Å². The highest BCUT2D eigenvalue weighted by atomic mass is 35.5. The maximum absolute atomic E-state index is 10.6. The fraction of sp³-hybridized carbons (Fsp3) is 0.300. The van der Waals surface area contributed by atoms with Crippen LogP contribution in [0, 0.1) is 0 Å². The minimum atomic E-state index is -1.04. The van der Waals surface area contributed by atoms with Crippen molar-refractivity contribution < 1.29 is 14.6 Å². The van der Waals surface area contributed by atoms with Gasteiger partial charge in [-0.3, -0.25) is 4.79 Å². The summed E-state index contributed by atoms with van der Waals surface area (Å²) >= 11 is 5.79. The van der Waals surface area contributed by atoms with Crippen molar-refractivity contribution in [1.82, 2.24) is 0 Å². The monoisotopic (exact) mass is 229 g/mol. The number of carbonyl (C=O) groups is 1. The third-order valence-corrected chi connectivity index (χ3v) is 2.23. The van der Waals surface area contributed by atoms with Gasteiger partial charge in [0.15, 0.2) is 0 Å². The molecule has 0 saturated heterocycles. The number of benzene rings is 1. The Morgan fingerprint density at radius 1 is 1.67 bits per heavy atom. The van der Waals surface area contributed by atoms with Crippen LogP contribution in [0.1, 0.15) is 5.56 Å². The van der Waals surface area contributed by atoms with Crippen LogP contribution in [0.15, 0.2) is 18.2 Å². The highest BCUT2D eigenvalue weighted by Gasteiger charge is 2.15. The molecule has 0 unspecified atom stereocenters. The SMILES string of the molecule is COc1ccc(Cl)cc1C[C@H](N)C(=O)O. The molecule has 0 radical (unpaired) electrons. The van der Waals surface area contributed by atoms with Crippen LogP contribution in [-0.4, -0.2) is 24.2 Å². The van der Waals surface area contributed by atoms with Gasteiger partial charge in [-0.1, -0.05) is 11.6 Å². The molecule has 82 valence electrons. The molecule has 0 aliphatic rings. The van der Waals surface area contributed by atoms with E-state index in [1.54, 1.807) is 18.2 Å². The molecule has 1 aromatic rings. The molecule has 0 aromatic heterocycles. The quantitative estimate of drug-likeness (QED) is 0.817. The van der Waals surface area contributed by atoms with Crippen molar-refractivity contribution in [3.05, 3.63) is 28.8 Å². The molecule has 5 heteroatoms. The van der Waals surface area contributed by atoms with Crippen molar-refractivity contribution in [2.24, 2.45) is 5.73 Å². The van der Waals surface area contributed by atoms with Gasteiger partial charge < -0.3 is 15.6 Å². The maximum atomic E-state index is 10.6. The summed E-state index contributed by atoms with van der Waals surface area (Å²) in [5, 5.41) is 9.21. The Morgan fingerprint density at radius 2 is 2.33 bits per heavy atom. The van der Waals surface area contributed by atoms with Crippen LogP contribution in [0.4, 0.5) is 0 Å². The largest absolute Gasteiger partial charge is 0.496 e. The topological polar surface area (TPSA) is 72.5 Å². The highest BCUT2D eigenvalue weighted by molar-refractivity contribution is 6.30. The highest BCUT2D eigenvalue weighted by Crippen LogP contribution is 2.23. The summed E-state index contributed by atoms with van der Waals surface area (Å²) in [5.74, 6) is -0.451. The van der Waals surface area contributed by atoms with Crippen molar-refractivity contribution >= 4 is 17.6 Å². The van der Waals surface area contributed by atoms with Gasteiger partial charge in [0.25, 0.3) is 0 Å². The van der Waals surface area contributed by atoms with E-state index in [9.17, 15) is 4.79 Å². The van der Waals surface area contributed by atoms with Crippen molar-refractivity contribution in [2.75, 3.05) is 7.11 Å². The molecular formula is C10H12ClNO3. The molecule has 0 amide bonds. The Kier molecular flexibility index (Phi) is 3.94. The first-order valence-corrected chi connectivity index (χ1v) is 4.73. The molecule has 1 rings (SSSR count). The number of carboxylic acids is 1. The first kappa shape index (κ1) is 11.8. The number of ether oxygens (including phenoxy) is 1. The molecular weight excluding hydrogens is 218 g/mol. The molecule has 1 aromatic carbocycles. The zero-order valence-electron chi connectivity index (χ0n) is 8.24. The normalized spacial score (nSPS) is 12.2. The van der Waals surface area contributed by atoms with E-state index in [1.807, 2.05) is 0 Å². The molecule has 3 N–H and O–H groups in total. The smallest absolute Gasteiger partial charge is 0.320 e. The van der Waals surface area contributed by atoms with Crippen molar-refractivity contribution in [3.8, 4) is 5.75 Å². The van der Waals surface area contributed by atoms with Crippen LogP contribution < -0.4 is 10.5 Å². The predicted molar refractivity (Wildman–Crippen MR) is 57.3 cm³/mol. The standard InChI is InChI=1S/C10H12ClNO3/c1-15-9-3-2-7(11)4-6(9)5-8(12)10(13)14/h2-4,8H,5,12H2,1H3,(H,13,14)/t8-/m0/s1. The van der Waals surface area contributed by atoms with Gasteiger partial charge in [0.2, 0.25) is 0 Å². The molecule has 0 aliphatic heterocycles. The number of hydrogen-bond acceptors (Lipinski definition) is 3. The van der Waals surface area contributed by atoms with E-state index in [-0.39, 0.29) is 6.42 Å². The Morgan fingerprint density at radius 3 is 2.87 bits per heavy atom. The van der Waals surface area contributed by atoms with Gasteiger partial charge in [-0.2, -0.15) is 0 Å². The zero-order valence-corrected chi connectivity index (χ0v) is 8.99. The Hall–Kier alpha value is -1.26. The molecule has 15 heavy (non-hydrogen) atoms. The van der Waals surface area contributed by atoms with Gasteiger partial charge in [0.05, 0.1) is 7.11 Å². The molecule has 0 aliphatic carbocycles. The average molecular weight is 230 g/mol. The maximum Gasteiger partial charge on any atom is 0.320 e. The van der Waals surface area contributed by atoms with E-state index < -0.39 is 12.0 Å². The fourth-order valence-electron chi connectivity index (χ4n) is 1.23. The van der Waals surface area contributed by atoms with Crippen molar-refractivity contribution in [3.63, 3.8) is 0 Å². The van der Waals surface area contributed by atoms with Crippen molar-refractivity contribution in [2.45, 2.75) is 12.5 Å². The Balaban J connectivity index is 2.91. The molecule has 0 heterocycles. The second kappa shape index (κ2) is 5.00. The fourth-order valence-corrected chi connectivity index (χ4v) is 1.43. The van der Waals surface area contributed by atoms with Crippen LogP contribution in [0.2, 0.25) is 5.02 Å².